The number of hydrogen-bond donors (Lipinski definition) is 0. The van der Waals surface area contributed by atoms with Gasteiger partial charge in [-0.2, -0.15) is 0 Å². The number of esters is 1. The Morgan fingerprint density at radius 2 is 1.52 bits per heavy atom. The molecule has 0 N–H and O–H groups in total. The number of aromatic nitrogens is 1. The lowest BCUT2D eigenvalue weighted by Gasteiger charge is -2.13. The summed E-state index contributed by atoms with van der Waals surface area (Å²) in [7, 11) is 1.63. The maximum Gasteiger partial charge on any atom is 0.344 e. The molecule has 33 heavy (non-hydrogen) atoms. The summed E-state index contributed by atoms with van der Waals surface area (Å²) in [6, 6.07) is 27.2. The van der Waals surface area contributed by atoms with Crippen molar-refractivity contribution >= 4 is 27.6 Å². The largest absolute Gasteiger partial charge is 0.497 e. The lowest BCUT2D eigenvalue weighted by Crippen LogP contribution is -2.10. The van der Waals surface area contributed by atoms with Gasteiger partial charge in [0.25, 0.3) is 0 Å². The molecule has 5 rings (SSSR count). The van der Waals surface area contributed by atoms with Crippen LogP contribution in [0, 0.1) is 13.8 Å². The van der Waals surface area contributed by atoms with Crippen LogP contribution in [0.5, 0.6) is 11.5 Å². The molecule has 1 heterocycles. The monoisotopic (exact) mass is 433 g/mol. The Bertz CT molecular complexity index is 1500. The summed E-state index contributed by atoms with van der Waals surface area (Å²) in [6.07, 6.45) is 0. The minimum absolute atomic E-state index is 0.405. The molecule has 0 saturated heterocycles. The van der Waals surface area contributed by atoms with Crippen LogP contribution >= 0.6 is 0 Å². The number of aryl methyl sites for hydroxylation is 2. The van der Waals surface area contributed by atoms with E-state index in [9.17, 15) is 4.79 Å². The van der Waals surface area contributed by atoms with Gasteiger partial charge in [0.05, 0.1) is 23.9 Å². The van der Waals surface area contributed by atoms with E-state index in [2.05, 4.69) is 6.07 Å². The highest BCUT2D eigenvalue weighted by Gasteiger charge is 2.18. The molecule has 0 atom stereocenters. The topological polar surface area (TPSA) is 48.4 Å². The third-order valence-electron chi connectivity index (χ3n) is 5.79. The molecule has 0 aliphatic carbocycles. The summed E-state index contributed by atoms with van der Waals surface area (Å²) in [5, 5.41) is 2.91. The van der Waals surface area contributed by atoms with Crippen LogP contribution in [0.2, 0.25) is 0 Å². The quantitative estimate of drug-likeness (QED) is 0.228. The van der Waals surface area contributed by atoms with Gasteiger partial charge in [-0.1, -0.05) is 42.0 Å². The number of fused-ring (bicyclic) bond motifs is 2. The number of ether oxygens (including phenoxy) is 2. The van der Waals surface area contributed by atoms with E-state index in [0.717, 1.165) is 44.1 Å². The Morgan fingerprint density at radius 1 is 0.788 bits per heavy atom. The Labute approximate surface area is 192 Å². The van der Waals surface area contributed by atoms with Crippen molar-refractivity contribution in [3.05, 3.63) is 102 Å². The zero-order valence-electron chi connectivity index (χ0n) is 18.8. The van der Waals surface area contributed by atoms with E-state index in [-0.39, 0.29) is 0 Å². The smallest absolute Gasteiger partial charge is 0.344 e. The molecule has 0 radical (unpaired) electrons. The van der Waals surface area contributed by atoms with E-state index in [1.54, 1.807) is 7.11 Å². The first-order valence-corrected chi connectivity index (χ1v) is 10.8. The zero-order valence-corrected chi connectivity index (χ0v) is 18.8. The third kappa shape index (κ3) is 4.03. The van der Waals surface area contributed by atoms with Crippen LogP contribution in [0.1, 0.15) is 21.5 Å². The van der Waals surface area contributed by atoms with Crippen LogP contribution in [0.3, 0.4) is 0 Å². The molecular weight excluding hydrogens is 410 g/mol. The molecule has 0 amide bonds. The number of nitrogens with zero attached hydrogens (tertiary/aromatic N) is 1. The third-order valence-corrected chi connectivity index (χ3v) is 5.79. The van der Waals surface area contributed by atoms with Crippen molar-refractivity contribution in [2.24, 2.45) is 0 Å². The Kier molecular flexibility index (Phi) is 5.27. The van der Waals surface area contributed by atoms with E-state index in [1.165, 1.54) is 0 Å². The van der Waals surface area contributed by atoms with E-state index in [0.29, 0.717) is 17.0 Å². The highest BCUT2D eigenvalue weighted by molar-refractivity contribution is 6.06. The van der Waals surface area contributed by atoms with Crippen LogP contribution in [-0.4, -0.2) is 18.1 Å². The lowest BCUT2D eigenvalue weighted by molar-refractivity contribution is 0.0737. The van der Waals surface area contributed by atoms with Crippen molar-refractivity contribution in [2.75, 3.05) is 7.11 Å². The summed E-state index contributed by atoms with van der Waals surface area (Å²) in [5.74, 6) is 0.874. The first-order valence-electron chi connectivity index (χ1n) is 10.8. The molecule has 0 spiro atoms. The van der Waals surface area contributed by atoms with Crippen molar-refractivity contribution in [1.82, 2.24) is 4.98 Å². The predicted molar refractivity (Wildman–Crippen MR) is 132 cm³/mol. The lowest BCUT2D eigenvalue weighted by atomic mass is 10.00. The Balaban J connectivity index is 1.61. The average Bonchev–Trinajstić information content (AvgIpc) is 2.83. The predicted octanol–water partition coefficient (Wildman–Crippen LogP) is 6.90. The Hall–Kier alpha value is -4.18. The number of pyridine rings is 1. The zero-order chi connectivity index (χ0) is 22.9. The van der Waals surface area contributed by atoms with E-state index >= 15 is 0 Å². The van der Waals surface area contributed by atoms with Gasteiger partial charge in [0.15, 0.2) is 0 Å². The first kappa shape index (κ1) is 20.7. The summed E-state index contributed by atoms with van der Waals surface area (Å²) < 4.78 is 11.1. The van der Waals surface area contributed by atoms with Crippen molar-refractivity contribution in [3.63, 3.8) is 0 Å². The molecule has 0 fully saturated rings. The minimum Gasteiger partial charge on any atom is -0.497 e. The maximum atomic E-state index is 13.4. The van der Waals surface area contributed by atoms with Gasteiger partial charge in [0.1, 0.15) is 11.5 Å². The molecule has 4 heteroatoms. The molecule has 0 bridgehead atoms. The van der Waals surface area contributed by atoms with Crippen molar-refractivity contribution in [1.29, 1.82) is 0 Å². The van der Waals surface area contributed by atoms with Crippen molar-refractivity contribution in [3.8, 4) is 22.8 Å². The van der Waals surface area contributed by atoms with Gasteiger partial charge in [0.2, 0.25) is 0 Å². The molecule has 0 saturated carbocycles. The summed E-state index contributed by atoms with van der Waals surface area (Å²) >= 11 is 0. The summed E-state index contributed by atoms with van der Waals surface area (Å²) in [4.78, 5) is 18.3. The second-order valence-electron chi connectivity index (χ2n) is 8.16. The fourth-order valence-corrected chi connectivity index (χ4v) is 4.15. The molecule has 162 valence electrons. The number of methoxy groups -OCH3 is 1. The highest BCUT2D eigenvalue weighted by atomic mass is 16.5. The number of benzene rings is 4. The van der Waals surface area contributed by atoms with E-state index < -0.39 is 5.97 Å². The van der Waals surface area contributed by atoms with Crippen LogP contribution in [0.4, 0.5) is 0 Å². The highest BCUT2D eigenvalue weighted by Crippen LogP contribution is 2.30. The molecule has 4 aromatic carbocycles. The maximum absolute atomic E-state index is 13.4. The van der Waals surface area contributed by atoms with Gasteiger partial charge in [-0.25, -0.2) is 9.78 Å². The standard InChI is InChI=1S/C29H23NO3/c1-18-14-19(2)28-25(15-18)26(17-27(30-28)21-9-11-23(32-3)12-10-21)29(31)33-24-13-8-20-6-4-5-7-22(20)16-24/h4-17H,1-3H3. The van der Waals surface area contributed by atoms with Crippen molar-refractivity contribution in [2.45, 2.75) is 13.8 Å². The van der Waals surface area contributed by atoms with Gasteiger partial charge in [-0.05, 0) is 78.7 Å². The van der Waals surface area contributed by atoms with Gasteiger partial charge >= 0.3 is 5.97 Å². The fraction of sp³-hybridized carbons (Fsp3) is 0.103. The van der Waals surface area contributed by atoms with Gasteiger partial charge in [-0.3, -0.25) is 0 Å². The first-order chi connectivity index (χ1) is 16.0. The second kappa shape index (κ2) is 8.40. The number of carbonyl (C=O) groups is 1. The second-order valence-corrected chi connectivity index (χ2v) is 8.16. The minimum atomic E-state index is -0.405. The molecule has 0 aliphatic rings. The van der Waals surface area contributed by atoms with Crippen molar-refractivity contribution < 1.29 is 14.3 Å². The van der Waals surface area contributed by atoms with Gasteiger partial charge in [-0.15, -0.1) is 0 Å². The average molecular weight is 434 g/mol. The van der Waals surface area contributed by atoms with Gasteiger partial charge in [0, 0.05) is 10.9 Å². The van der Waals surface area contributed by atoms with Crippen LogP contribution in [0.25, 0.3) is 32.9 Å². The molecule has 0 unspecified atom stereocenters. The number of carbonyl (C=O) groups excluding carboxylic acids is 1. The molecule has 4 nitrogen and oxygen atoms in total. The van der Waals surface area contributed by atoms with E-state index in [1.807, 2.05) is 92.7 Å². The summed E-state index contributed by atoms with van der Waals surface area (Å²) in [5.41, 5.74) is 4.98. The van der Waals surface area contributed by atoms with Crippen LogP contribution in [0.15, 0.2) is 84.9 Å². The number of hydrogen-bond acceptors (Lipinski definition) is 4. The molecule has 0 aliphatic heterocycles. The number of rotatable bonds is 4. The van der Waals surface area contributed by atoms with Crippen LogP contribution in [-0.2, 0) is 0 Å². The normalized spacial score (nSPS) is 11.0. The summed E-state index contributed by atoms with van der Waals surface area (Å²) in [6.45, 7) is 4.03. The van der Waals surface area contributed by atoms with E-state index in [4.69, 9.17) is 14.5 Å². The molecule has 5 aromatic rings. The molecule has 1 aromatic heterocycles. The van der Waals surface area contributed by atoms with Crippen LogP contribution < -0.4 is 9.47 Å². The van der Waals surface area contributed by atoms with Gasteiger partial charge < -0.3 is 9.47 Å². The molecular formula is C29H23NO3. The fourth-order valence-electron chi connectivity index (χ4n) is 4.15. The SMILES string of the molecule is COc1ccc(-c2cc(C(=O)Oc3ccc4ccccc4c3)c3cc(C)cc(C)c3n2)cc1. The Morgan fingerprint density at radius 3 is 2.27 bits per heavy atom.